The van der Waals surface area contributed by atoms with E-state index in [1.165, 1.54) is 43.3 Å². The van der Waals surface area contributed by atoms with E-state index in [-0.39, 0.29) is 28.2 Å². The van der Waals surface area contributed by atoms with Crippen molar-refractivity contribution in [1.29, 1.82) is 0 Å². The molecule has 15 nitrogen and oxygen atoms in total. The molecule has 0 radical (unpaired) electrons. The molecule has 0 amide bonds. The highest BCUT2D eigenvalue weighted by molar-refractivity contribution is 5.86. The molecule has 3 heterocycles. The number of esters is 1. The quantitative estimate of drug-likeness (QED) is 0.165. The van der Waals surface area contributed by atoms with E-state index in [9.17, 15) is 45.3 Å². The summed E-state index contributed by atoms with van der Waals surface area (Å²) in [6, 6.07) is 9.34. The SMILES string of the molecule is CC(=O)OC[C@H]1O[C@@H](Oc2cc(O)c3c(=O)cc(-c4ccc(O)cc4)oc3c2)[C@H](O[C@@H]2O[C@@H](C)[C@H](O)[C@@H](O)[C@H]2O)[C@@H](O)[C@@H]1O. The molecule has 2 aliphatic rings. The molecule has 0 aliphatic carbocycles. The van der Waals surface area contributed by atoms with Crippen molar-refractivity contribution in [1.82, 2.24) is 0 Å². The van der Waals surface area contributed by atoms with Gasteiger partial charge in [-0.1, -0.05) is 0 Å². The average molecular weight is 621 g/mol. The first kappa shape index (κ1) is 31.6. The highest BCUT2D eigenvalue weighted by atomic mass is 16.8. The van der Waals surface area contributed by atoms with Crippen LogP contribution in [0.4, 0.5) is 0 Å². The van der Waals surface area contributed by atoms with Crippen molar-refractivity contribution in [2.45, 2.75) is 75.3 Å². The topological polar surface area (TPSA) is 235 Å². The number of rotatable bonds is 7. The molecule has 15 heteroatoms. The van der Waals surface area contributed by atoms with Gasteiger partial charge < -0.3 is 63.8 Å². The van der Waals surface area contributed by atoms with E-state index in [0.29, 0.717) is 5.56 Å². The predicted octanol–water partition coefficient (Wildman–Crippen LogP) is -0.528. The van der Waals surface area contributed by atoms with Crippen molar-refractivity contribution in [3.05, 3.63) is 52.7 Å². The van der Waals surface area contributed by atoms with Crippen molar-refractivity contribution < 1.29 is 68.6 Å². The second kappa shape index (κ2) is 12.7. The fourth-order valence-electron chi connectivity index (χ4n) is 4.98. The Kier molecular flexibility index (Phi) is 9.10. The predicted molar refractivity (Wildman–Crippen MR) is 146 cm³/mol. The van der Waals surface area contributed by atoms with Crippen LogP contribution >= 0.6 is 0 Å². The summed E-state index contributed by atoms with van der Waals surface area (Å²) < 4.78 is 33.7. The third-order valence-corrected chi connectivity index (χ3v) is 7.38. The monoisotopic (exact) mass is 620 g/mol. The number of aromatic hydroxyl groups is 2. The molecule has 1 aromatic heterocycles. The first-order valence-electron chi connectivity index (χ1n) is 13.6. The van der Waals surface area contributed by atoms with Crippen molar-refractivity contribution in [2.24, 2.45) is 0 Å². The van der Waals surface area contributed by atoms with E-state index in [1.54, 1.807) is 0 Å². The van der Waals surface area contributed by atoms with Crippen LogP contribution in [0.25, 0.3) is 22.3 Å². The molecule has 0 bridgehead atoms. The number of carbonyl (C=O) groups is 1. The summed E-state index contributed by atoms with van der Waals surface area (Å²) in [6.07, 6.45) is -15.6. The molecule has 0 saturated carbocycles. The zero-order chi connectivity index (χ0) is 31.9. The van der Waals surface area contributed by atoms with Gasteiger partial charge in [-0.15, -0.1) is 0 Å². The molecular formula is C29H32O15. The van der Waals surface area contributed by atoms with Gasteiger partial charge in [0.25, 0.3) is 0 Å². The molecule has 2 fully saturated rings. The lowest BCUT2D eigenvalue weighted by Crippen LogP contribution is -2.64. The van der Waals surface area contributed by atoms with E-state index < -0.39 is 85.2 Å². The standard InChI is InChI=1S/C29H32O15/c1-11-22(34)24(36)26(38)28(40-11)44-27-25(37)23(35)20(10-39-12(2)30)43-29(27)41-15-7-16(32)21-17(33)9-18(42-19(21)8-15)13-3-5-14(31)6-4-13/h3-9,11,20,22-29,31-32,34-38H,10H2,1-2H3/t11-,20+,22-,23+,24+,25-,26+,27+,28-,29+/m0/s1. The van der Waals surface area contributed by atoms with Gasteiger partial charge in [0.05, 0.1) is 6.10 Å². The van der Waals surface area contributed by atoms with Crippen molar-refractivity contribution in [3.8, 4) is 28.6 Å². The van der Waals surface area contributed by atoms with Gasteiger partial charge >= 0.3 is 5.97 Å². The van der Waals surface area contributed by atoms with E-state index in [1.807, 2.05) is 0 Å². The Morgan fingerprint density at radius 2 is 1.57 bits per heavy atom. The summed E-state index contributed by atoms with van der Waals surface area (Å²) in [5, 5.41) is 72.5. The van der Waals surface area contributed by atoms with E-state index in [2.05, 4.69) is 0 Å². The maximum Gasteiger partial charge on any atom is 0.302 e. The van der Waals surface area contributed by atoms with E-state index in [0.717, 1.165) is 13.0 Å². The third-order valence-electron chi connectivity index (χ3n) is 7.38. The van der Waals surface area contributed by atoms with Crippen LogP contribution < -0.4 is 10.2 Å². The molecule has 44 heavy (non-hydrogen) atoms. The van der Waals surface area contributed by atoms with Gasteiger partial charge in [-0.3, -0.25) is 9.59 Å². The van der Waals surface area contributed by atoms with Crippen LogP contribution in [0.3, 0.4) is 0 Å². The van der Waals surface area contributed by atoms with Crippen LogP contribution in [0.1, 0.15) is 13.8 Å². The van der Waals surface area contributed by atoms with Gasteiger partial charge in [-0.25, -0.2) is 0 Å². The molecule has 2 aromatic carbocycles. The summed E-state index contributed by atoms with van der Waals surface area (Å²) in [5.41, 5.74) is -0.223. The number of ether oxygens (including phenoxy) is 5. The molecule has 2 saturated heterocycles. The van der Waals surface area contributed by atoms with Crippen LogP contribution in [-0.4, -0.2) is 110 Å². The van der Waals surface area contributed by atoms with E-state index in [4.69, 9.17) is 28.1 Å². The fraction of sp³-hybridized carbons (Fsp3) is 0.448. The molecule has 238 valence electrons. The molecule has 0 spiro atoms. The number of aliphatic hydroxyl groups is 5. The molecule has 2 aliphatic heterocycles. The average Bonchev–Trinajstić information content (AvgIpc) is 2.97. The minimum Gasteiger partial charge on any atom is -0.508 e. The maximum atomic E-state index is 12.9. The zero-order valence-corrected chi connectivity index (χ0v) is 23.4. The maximum absolute atomic E-state index is 12.9. The van der Waals surface area contributed by atoms with Crippen molar-refractivity contribution >= 4 is 16.9 Å². The van der Waals surface area contributed by atoms with Gasteiger partial charge in [0.2, 0.25) is 6.29 Å². The Labute approximate surface area is 249 Å². The van der Waals surface area contributed by atoms with Crippen LogP contribution in [0.5, 0.6) is 17.2 Å². The molecular weight excluding hydrogens is 588 g/mol. The third kappa shape index (κ3) is 6.36. The summed E-state index contributed by atoms with van der Waals surface area (Å²) in [6.45, 7) is 2.06. The number of carbonyl (C=O) groups excluding carboxylic acids is 1. The van der Waals surface area contributed by atoms with Gasteiger partial charge in [0.1, 0.15) is 77.2 Å². The highest BCUT2D eigenvalue weighted by Crippen LogP contribution is 2.35. The number of aliphatic hydroxyl groups excluding tert-OH is 5. The van der Waals surface area contributed by atoms with E-state index >= 15 is 0 Å². The summed E-state index contributed by atoms with van der Waals surface area (Å²) in [7, 11) is 0. The van der Waals surface area contributed by atoms with Crippen LogP contribution in [0, 0.1) is 0 Å². The number of benzene rings is 2. The van der Waals surface area contributed by atoms with Crippen LogP contribution in [0.15, 0.2) is 51.7 Å². The number of phenols is 2. The number of phenolic OH excluding ortho intramolecular Hbond substituents is 2. The summed E-state index contributed by atoms with van der Waals surface area (Å²) in [5.74, 6) is -1.24. The highest BCUT2D eigenvalue weighted by Gasteiger charge is 2.51. The number of hydrogen-bond donors (Lipinski definition) is 7. The molecule has 0 unspecified atom stereocenters. The lowest BCUT2D eigenvalue weighted by Gasteiger charge is -2.45. The Balaban J connectivity index is 1.48. The number of hydrogen-bond acceptors (Lipinski definition) is 15. The molecule has 7 N–H and O–H groups in total. The van der Waals surface area contributed by atoms with Crippen LogP contribution in [-0.2, 0) is 23.7 Å². The second-order valence-electron chi connectivity index (χ2n) is 10.6. The minimum atomic E-state index is -1.79. The van der Waals surface area contributed by atoms with Crippen molar-refractivity contribution in [2.75, 3.05) is 6.61 Å². The van der Waals surface area contributed by atoms with Crippen LogP contribution in [0.2, 0.25) is 0 Å². The Bertz CT molecular complexity index is 1540. The van der Waals surface area contributed by atoms with Gasteiger partial charge in [-0.2, -0.15) is 0 Å². The molecule has 3 aromatic rings. The lowest BCUT2D eigenvalue weighted by atomic mass is 9.97. The summed E-state index contributed by atoms with van der Waals surface area (Å²) in [4.78, 5) is 24.3. The Morgan fingerprint density at radius 1 is 0.864 bits per heavy atom. The minimum absolute atomic E-state index is 0.0000698. The smallest absolute Gasteiger partial charge is 0.302 e. The zero-order valence-electron chi connectivity index (χ0n) is 23.4. The van der Waals surface area contributed by atoms with Gasteiger partial charge in [0.15, 0.2) is 17.8 Å². The first-order valence-corrected chi connectivity index (χ1v) is 13.6. The second-order valence-corrected chi connectivity index (χ2v) is 10.6. The Morgan fingerprint density at radius 3 is 2.25 bits per heavy atom. The first-order chi connectivity index (χ1) is 20.8. The largest absolute Gasteiger partial charge is 0.508 e. The molecule has 10 atom stereocenters. The Hall–Kier alpha value is -3.80. The van der Waals surface area contributed by atoms with Gasteiger partial charge in [0, 0.05) is 30.7 Å². The summed E-state index contributed by atoms with van der Waals surface area (Å²) >= 11 is 0. The fourth-order valence-corrected chi connectivity index (χ4v) is 4.98. The molecule has 5 rings (SSSR count). The van der Waals surface area contributed by atoms with Gasteiger partial charge in [-0.05, 0) is 31.2 Å². The number of fused-ring (bicyclic) bond motifs is 1. The normalized spacial score (nSPS) is 32.3. The van der Waals surface area contributed by atoms with Crippen molar-refractivity contribution in [3.63, 3.8) is 0 Å². The lowest BCUT2D eigenvalue weighted by molar-refractivity contribution is -0.354.